The number of piperidine rings is 1. The Hall–Kier alpha value is -0.730. The van der Waals surface area contributed by atoms with Crippen molar-refractivity contribution < 1.29 is 9.53 Å². The number of likely N-dealkylation sites (tertiary alicyclic amines) is 1. The SMILES string of the molecule is CCOC(=O)N1CCC2(CC1)CC(C)C2C(C)(C)C. The molecule has 0 aromatic rings. The molecule has 2 atom stereocenters. The van der Waals surface area contributed by atoms with Gasteiger partial charge in [-0.1, -0.05) is 27.7 Å². The van der Waals surface area contributed by atoms with E-state index in [-0.39, 0.29) is 6.09 Å². The summed E-state index contributed by atoms with van der Waals surface area (Å²) in [6.45, 7) is 13.6. The summed E-state index contributed by atoms with van der Waals surface area (Å²) in [6, 6.07) is 0. The van der Waals surface area contributed by atoms with E-state index in [9.17, 15) is 4.79 Å². The molecule has 1 aliphatic heterocycles. The fourth-order valence-corrected chi connectivity index (χ4v) is 4.97. The Kier molecular flexibility index (Phi) is 3.85. The molecule has 0 aromatic heterocycles. The lowest BCUT2D eigenvalue weighted by Crippen LogP contribution is -2.58. The van der Waals surface area contributed by atoms with Crippen molar-refractivity contribution >= 4 is 6.09 Å². The molecule has 2 unspecified atom stereocenters. The van der Waals surface area contributed by atoms with Crippen LogP contribution in [0, 0.1) is 22.7 Å². The summed E-state index contributed by atoms with van der Waals surface area (Å²) in [5, 5.41) is 0. The second kappa shape index (κ2) is 4.99. The molecular weight excluding hydrogens is 238 g/mol. The van der Waals surface area contributed by atoms with E-state index < -0.39 is 0 Å². The van der Waals surface area contributed by atoms with Gasteiger partial charge in [0.05, 0.1) is 6.61 Å². The third-order valence-corrected chi connectivity index (χ3v) is 5.18. The highest BCUT2D eigenvalue weighted by atomic mass is 16.6. The van der Waals surface area contributed by atoms with Crippen molar-refractivity contribution in [3.63, 3.8) is 0 Å². The molecule has 1 heterocycles. The first kappa shape index (κ1) is 14.7. The predicted octanol–water partition coefficient (Wildman–Crippen LogP) is 3.93. The fourth-order valence-electron chi connectivity index (χ4n) is 4.97. The lowest BCUT2D eigenvalue weighted by molar-refractivity contribution is -0.129. The van der Waals surface area contributed by atoms with Gasteiger partial charge in [0.25, 0.3) is 0 Å². The number of hydrogen-bond acceptors (Lipinski definition) is 2. The van der Waals surface area contributed by atoms with E-state index in [4.69, 9.17) is 4.74 Å². The molecule has 1 saturated heterocycles. The highest BCUT2D eigenvalue weighted by Crippen LogP contribution is 2.62. The highest BCUT2D eigenvalue weighted by molar-refractivity contribution is 5.67. The Morgan fingerprint density at radius 3 is 2.32 bits per heavy atom. The monoisotopic (exact) mass is 267 g/mol. The van der Waals surface area contributed by atoms with Gasteiger partial charge in [0.15, 0.2) is 0 Å². The van der Waals surface area contributed by atoms with Crippen molar-refractivity contribution in [2.45, 2.75) is 53.9 Å². The van der Waals surface area contributed by atoms with Gasteiger partial charge in [-0.3, -0.25) is 0 Å². The Bertz CT molecular complexity index is 337. The van der Waals surface area contributed by atoms with E-state index >= 15 is 0 Å². The topological polar surface area (TPSA) is 29.5 Å². The minimum atomic E-state index is -0.128. The zero-order valence-corrected chi connectivity index (χ0v) is 13.2. The molecule has 2 fully saturated rings. The van der Waals surface area contributed by atoms with Crippen LogP contribution in [0.25, 0.3) is 0 Å². The molecule has 1 aliphatic carbocycles. The van der Waals surface area contributed by atoms with E-state index in [0.29, 0.717) is 17.4 Å². The molecule has 3 heteroatoms. The molecule has 1 saturated carbocycles. The third kappa shape index (κ3) is 2.61. The quantitative estimate of drug-likeness (QED) is 0.720. The fraction of sp³-hybridized carbons (Fsp3) is 0.938. The summed E-state index contributed by atoms with van der Waals surface area (Å²) in [7, 11) is 0. The third-order valence-electron chi connectivity index (χ3n) is 5.18. The zero-order chi connectivity index (χ0) is 14.3. The first-order valence-corrected chi connectivity index (χ1v) is 7.72. The van der Waals surface area contributed by atoms with Crippen molar-refractivity contribution in [2.75, 3.05) is 19.7 Å². The Balaban J connectivity index is 1.98. The maximum atomic E-state index is 11.8. The minimum Gasteiger partial charge on any atom is -0.450 e. The van der Waals surface area contributed by atoms with Crippen LogP contribution in [-0.2, 0) is 4.74 Å². The number of hydrogen-bond donors (Lipinski definition) is 0. The van der Waals surface area contributed by atoms with Crippen LogP contribution in [0.5, 0.6) is 0 Å². The molecule has 0 N–H and O–H groups in total. The number of ether oxygens (including phenoxy) is 1. The molecule has 3 nitrogen and oxygen atoms in total. The second-order valence-electron chi connectivity index (χ2n) is 7.57. The van der Waals surface area contributed by atoms with Crippen LogP contribution in [0.15, 0.2) is 0 Å². The summed E-state index contributed by atoms with van der Waals surface area (Å²) in [5.41, 5.74) is 0.866. The molecule has 1 spiro atoms. The van der Waals surface area contributed by atoms with E-state index in [1.165, 1.54) is 6.42 Å². The van der Waals surface area contributed by atoms with Crippen LogP contribution in [0.1, 0.15) is 53.9 Å². The van der Waals surface area contributed by atoms with Gasteiger partial charge in [-0.25, -0.2) is 4.79 Å². The van der Waals surface area contributed by atoms with Gasteiger partial charge in [-0.05, 0) is 48.9 Å². The summed E-state index contributed by atoms with van der Waals surface area (Å²) < 4.78 is 5.10. The maximum absolute atomic E-state index is 11.8. The van der Waals surface area contributed by atoms with Gasteiger partial charge in [0.1, 0.15) is 0 Å². The molecule has 2 rings (SSSR count). The van der Waals surface area contributed by atoms with Crippen molar-refractivity contribution in [2.24, 2.45) is 22.7 Å². The van der Waals surface area contributed by atoms with Gasteiger partial charge in [-0.2, -0.15) is 0 Å². The number of amides is 1. The van der Waals surface area contributed by atoms with E-state index in [2.05, 4.69) is 27.7 Å². The predicted molar refractivity (Wildman–Crippen MR) is 77.0 cm³/mol. The molecule has 110 valence electrons. The van der Waals surface area contributed by atoms with Crippen LogP contribution >= 0.6 is 0 Å². The van der Waals surface area contributed by atoms with Gasteiger partial charge in [-0.15, -0.1) is 0 Å². The minimum absolute atomic E-state index is 0.128. The molecule has 19 heavy (non-hydrogen) atoms. The van der Waals surface area contributed by atoms with Crippen molar-refractivity contribution in [1.29, 1.82) is 0 Å². The zero-order valence-electron chi connectivity index (χ0n) is 13.2. The molecule has 1 amide bonds. The smallest absolute Gasteiger partial charge is 0.409 e. The van der Waals surface area contributed by atoms with E-state index in [1.807, 2.05) is 11.8 Å². The van der Waals surface area contributed by atoms with Crippen molar-refractivity contribution in [3.05, 3.63) is 0 Å². The van der Waals surface area contributed by atoms with Crippen molar-refractivity contribution in [3.8, 4) is 0 Å². The van der Waals surface area contributed by atoms with Crippen LogP contribution in [-0.4, -0.2) is 30.7 Å². The Labute approximate surface area is 117 Å². The molecular formula is C16H29NO2. The molecule has 2 aliphatic rings. The normalized spacial score (nSPS) is 30.1. The average Bonchev–Trinajstić information content (AvgIpc) is 2.27. The molecule has 0 aromatic carbocycles. The second-order valence-corrected chi connectivity index (χ2v) is 7.57. The summed E-state index contributed by atoms with van der Waals surface area (Å²) in [5.74, 6) is 1.62. The van der Waals surface area contributed by atoms with Crippen LogP contribution in [0.4, 0.5) is 4.79 Å². The van der Waals surface area contributed by atoms with E-state index in [0.717, 1.165) is 37.8 Å². The largest absolute Gasteiger partial charge is 0.450 e. The summed E-state index contributed by atoms with van der Waals surface area (Å²) in [6.07, 6.45) is 3.51. The average molecular weight is 267 g/mol. The molecule has 0 bridgehead atoms. The lowest BCUT2D eigenvalue weighted by Gasteiger charge is -2.62. The first-order chi connectivity index (χ1) is 8.80. The van der Waals surface area contributed by atoms with Crippen LogP contribution in [0.2, 0.25) is 0 Å². The summed E-state index contributed by atoms with van der Waals surface area (Å²) in [4.78, 5) is 13.6. The van der Waals surface area contributed by atoms with Crippen LogP contribution < -0.4 is 0 Å². The number of carbonyl (C=O) groups excluding carboxylic acids is 1. The number of carbonyl (C=O) groups is 1. The van der Waals surface area contributed by atoms with E-state index in [1.54, 1.807) is 0 Å². The number of nitrogens with zero attached hydrogens (tertiary/aromatic N) is 1. The Morgan fingerprint density at radius 1 is 1.32 bits per heavy atom. The highest BCUT2D eigenvalue weighted by Gasteiger charge is 2.56. The lowest BCUT2D eigenvalue weighted by atomic mass is 9.44. The summed E-state index contributed by atoms with van der Waals surface area (Å²) >= 11 is 0. The van der Waals surface area contributed by atoms with Gasteiger partial charge in [0.2, 0.25) is 0 Å². The van der Waals surface area contributed by atoms with Gasteiger partial charge < -0.3 is 9.64 Å². The van der Waals surface area contributed by atoms with Gasteiger partial charge >= 0.3 is 6.09 Å². The maximum Gasteiger partial charge on any atom is 0.409 e. The Morgan fingerprint density at radius 2 is 1.89 bits per heavy atom. The number of rotatable bonds is 1. The first-order valence-electron chi connectivity index (χ1n) is 7.72. The van der Waals surface area contributed by atoms with Crippen LogP contribution in [0.3, 0.4) is 0 Å². The van der Waals surface area contributed by atoms with Crippen molar-refractivity contribution in [1.82, 2.24) is 4.90 Å². The molecule has 0 radical (unpaired) electrons. The standard InChI is InChI=1S/C16H29NO2/c1-6-19-14(18)17-9-7-16(8-10-17)11-12(2)13(16)15(3,4)5/h12-13H,6-11H2,1-5H3. The van der Waals surface area contributed by atoms with Gasteiger partial charge in [0, 0.05) is 13.1 Å².